The summed E-state index contributed by atoms with van der Waals surface area (Å²) in [5, 5.41) is 8.82. The number of carboxylic acids is 1. The maximum atomic E-state index is 10.7. The first-order valence-electron chi connectivity index (χ1n) is 4.41. The monoisotopic (exact) mass is 168 g/mol. The molecule has 0 aliphatic heterocycles. The summed E-state index contributed by atoms with van der Waals surface area (Å²) < 4.78 is 0. The van der Waals surface area contributed by atoms with E-state index in [9.17, 15) is 4.79 Å². The summed E-state index contributed by atoms with van der Waals surface area (Å²) >= 11 is 0. The molecule has 0 spiro atoms. The van der Waals surface area contributed by atoms with Crippen LogP contribution in [-0.4, -0.2) is 11.1 Å². The van der Waals surface area contributed by atoms with Crippen molar-refractivity contribution in [1.82, 2.24) is 0 Å². The molecule has 0 radical (unpaired) electrons. The van der Waals surface area contributed by atoms with Gasteiger partial charge in [-0.2, -0.15) is 0 Å². The zero-order chi connectivity index (χ0) is 9.35. The van der Waals surface area contributed by atoms with Gasteiger partial charge < -0.3 is 5.11 Å². The second-order valence-corrected chi connectivity index (χ2v) is 4.00. The Balaban J connectivity index is 2.60. The summed E-state index contributed by atoms with van der Waals surface area (Å²) in [5.74, 6) is -0.582. The van der Waals surface area contributed by atoms with E-state index in [0.29, 0.717) is 0 Å². The summed E-state index contributed by atoms with van der Waals surface area (Å²) in [6.07, 6.45) is 5.08. The molecule has 1 aliphatic carbocycles. The lowest BCUT2D eigenvalue weighted by Gasteiger charge is -1.95. The molecule has 2 atom stereocenters. The molecule has 1 rings (SSSR count). The topological polar surface area (TPSA) is 37.3 Å². The lowest BCUT2D eigenvalue weighted by Crippen LogP contribution is -2.02. The number of carbonyl (C=O) groups is 1. The number of carboxylic acid groups (broad SMARTS) is 1. The summed E-state index contributed by atoms with van der Waals surface area (Å²) in [7, 11) is 0. The van der Waals surface area contributed by atoms with Gasteiger partial charge in [0.05, 0.1) is 5.92 Å². The molecule has 0 aromatic rings. The molecule has 2 nitrogen and oxygen atoms in total. The molecule has 0 heterocycles. The van der Waals surface area contributed by atoms with E-state index >= 15 is 0 Å². The van der Waals surface area contributed by atoms with Crippen LogP contribution in [0.5, 0.6) is 0 Å². The van der Waals surface area contributed by atoms with Crippen molar-refractivity contribution in [3.63, 3.8) is 0 Å². The molecule has 0 bridgehead atoms. The molecule has 1 saturated carbocycles. The highest BCUT2D eigenvalue weighted by Gasteiger charge is 2.60. The maximum Gasteiger partial charge on any atom is 0.307 e. The van der Waals surface area contributed by atoms with Gasteiger partial charge in [0.25, 0.3) is 0 Å². The highest BCUT2D eigenvalue weighted by atomic mass is 16.4. The van der Waals surface area contributed by atoms with Crippen molar-refractivity contribution < 1.29 is 9.90 Å². The van der Waals surface area contributed by atoms with Gasteiger partial charge in [0.1, 0.15) is 0 Å². The number of hydrogen-bond donors (Lipinski definition) is 1. The van der Waals surface area contributed by atoms with E-state index in [0.717, 1.165) is 6.42 Å². The van der Waals surface area contributed by atoms with Crippen molar-refractivity contribution in [2.24, 2.45) is 17.3 Å². The quantitative estimate of drug-likeness (QED) is 0.656. The van der Waals surface area contributed by atoms with Crippen LogP contribution in [0.3, 0.4) is 0 Å². The van der Waals surface area contributed by atoms with Gasteiger partial charge in [-0.15, -0.1) is 0 Å². The molecule has 2 unspecified atom stereocenters. The maximum absolute atomic E-state index is 10.7. The number of rotatable bonds is 3. The summed E-state index contributed by atoms with van der Waals surface area (Å²) in [4.78, 5) is 10.7. The van der Waals surface area contributed by atoms with Gasteiger partial charge in [0, 0.05) is 0 Å². The van der Waals surface area contributed by atoms with Gasteiger partial charge in [-0.25, -0.2) is 0 Å². The first-order chi connectivity index (χ1) is 5.51. The number of aliphatic carboxylic acids is 1. The fraction of sp³-hybridized carbons (Fsp3) is 0.700. The van der Waals surface area contributed by atoms with Gasteiger partial charge >= 0.3 is 5.97 Å². The minimum absolute atomic E-state index is 0.0303. The Hall–Kier alpha value is -0.790. The van der Waals surface area contributed by atoms with Gasteiger partial charge in [0.15, 0.2) is 0 Å². The SMILES string of the molecule is CCC=CC1C(C(=O)O)C1(C)C. The first kappa shape index (κ1) is 9.30. The third kappa shape index (κ3) is 1.38. The van der Waals surface area contributed by atoms with Crippen LogP contribution in [0.25, 0.3) is 0 Å². The third-order valence-electron chi connectivity index (χ3n) is 2.76. The van der Waals surface area contributed by atoms with E-state index in [1.54, 1.807) is 0 Å². The Kier molecular flexibility index (Phi) is 2.27. The lowest BCUT2D eigenvalue weighted by molar-refractivity contribution is -0.139. The molecule has 68 valence electrons. The van der Waals surface area contributed by atoms with Crippen LogP contribution in [0, 0.1) is 17.3 Å². The summed E-state index contributed by atoms with van der Waals surface area (Å²) in [6, 6.07) is 0. The van der Waals surface area contributed by atoms with E-state index in [-0.39, 0.29) is 17.3 Å². The standard InChI is InChI=1S/C10H16O2/c1-4-5-6-7-8(9(11)12)10(7,2)3/h5-8H,4H2,1-3H3,(H,11,12). The fourth-order valence-corrected chi connectivity index (χ4v) is 1.79. The van der Waals surface area contributed by atoms with Crippen LogP contribution in [-0.2, 0) is 4.79 Å². The minimum Gasteiger partial charge on any atom is -0.481 e. The molecule has 1 fully saturated rings. The van der Waals surface area contributed by atoms with E-state index in [1.807, 2.05) is 19.9 Å². The highest BCUT2D eigenvalue weighted by Crippen LogP contribution is 2.59. The summed E-state index contributed by atoms with van der Waals surface area (Å²) in [6.45, 7) is 6.08. The molecule has 1 N–H and O–H groups in total. The van der Waals surface area contributed by atoms with Crippen molar-refractivity contribution in [3.05, 3.63) is 12.2 Å². The third-order valence-corrected chi connectivity index (χ3v) is 2.76. The average Bonchev–Trinajstić information content (AvgIpc) is 2.49. The van der Waals surface area contributed by atoms with Crippen molar-refractivity contribution in [2.75, 3.05) is 0 Å². The van der Waals surface area contributed by atoms with E-state index in [1.165, 1.54) is 0 Å². The van der Waals surface area contributed by atoms with Gasteiger partial charge in [0.2, 0.25) is 0 Å². The molecular weight excluding hydrogens is 152 g/mol. The minimum atomic E-state index is -0.661. The summed E-state index contributed by atoms with van der Waals surface area (Å²) in [5.41, 5.74) is -0.0303. The predicted molar refractivity (Wildman–Crippen MR) is 47.8 cm³/mol. The van der Waals surface area contributed by atoms with E-state index in [2.05, 4.69) is 13.0 Å². The van der Waals surface area contributed by atoms with Crippen LogP contribution in [0.1, 0.15) is 27.2 Å². The van der Waals surface area contributed by atoms with Crippen LogP contribution in [0.4, 0.5) is 0 Å². The van der Waals surface area contributed by atoms with Crippen molar-refractivity contribution >= 4 is 5.97 Å². The van der Waals surface area contributed by atoms with Crippen LogP contribution < -0.4 is 0 Å². The zero-order valence-corrected chi connectivity index (χ0v) is 7.87. The molecule has 1 aliphatic rings. The first-order valence-corrected chi connectivity index (χ1v) is 4.41. The van der Waals surface area contributed by atoms with Crippen molar-refractivity contribution in [1.29, 1.82) is 0 Å². The molecule has 0 amide bonds. The number of hydrogen-bond acceptors (Lipinski definition) is 1. The molecule has 0 aromatic heterocycles. The van der Waals surface area contributed by atoms with Crippen molar-refractivity contribution in [3.8, 4) is 0 Å². The average molecular weight is 168 g/mol. The molecule has 2 heteroatoms. The Morgan fingerprint density at radius 3 is 2.50 bits per heavy atom. The van der Waals surface area contributed by atoms with Crippen LogP contribution >= 0.6 is 0 Å². The Morgan fingerprint density at radius 1 is 1.58 bits per heavy atom. The Bertz CT molecular complexity index is 216. The largest absolute Gasteiger partial charge is 0.481 e. The molecule has 0 saturated heterocycles. The van der Waals surface area contributed by atoms with Crippen LogP contribution in [0.2, 0.25) is 0 Å². The second-order valence-electron chi connectivity index (χ2n) is 4.00. The molecule has 12 heavy (non-hydrogen) atoms. The zero-order valence-electron chi connectivity index (χ0n) is 7.87. The van der Waals surface area contributed by atoms with Gasteiger partial charge in [-0.1, -0.05) is 32.9 Å². The normalized spacial score (nSPS) is 32.2. The molecule has 0 aromatic carbocycles. The van der Waals surface area contributed by atoms with Gasteiger partial charge in [-0.05, 0) is 17.8 Å². The van der Waals surface area contributed by atoms with Gasteiger partial charge in [-0.3, -0.25) is 4.79 Å². The lowest BCUT2D eigenvalue weighted by atomic mass is 10.1. The second kappa shape index (κ2) is 2.92. The highest BCUT2D eigenvalue weighted by molar-refractivity contribution is 5.76. The van der Waals surface area contributed by atoms with E-state index < -0.39 is 5.97 Å². The Labute approximate surface area is 73.3 Å². The fourth-order valence-electron chi connectivity index (χ4n) is 1.79. The van der Waals surface area contributed by atoms with Crippen LogP contribution in [0.15, 0.2) is 12.2 Å². The smallest absolute Gasteiger partial charge is 0.307 e. The van der Waals surface area contributed by atoms with Crippen molar-refractivity contribution in [2.45, 2.75) is 27.2 Å². The van der Waals surface area contributed by atoms with E-state index in [4.69, 9.17) is 5.11 Å². The number of allylic oxidation sites excluding steroid dienone is 2. The molecular formula is C10H16O2. The predicted octanol–water partition coefficient (Wildman–Crippen LogP) is 2.31. The Morgan fingerprint density at radius 2 is 2.17 bits per heavy atom.